The zero-order valence-electron chi connectivity index (χ0n) is 10.9. The van der Waals surface area contributed by atoms with E-state index in [9.17, 15) is 9.59 Å². The highest BCUT2D eigenvalue weighted by atomic mass is 16.2. The van der Waals surface area contributed by atoms with E-state index < -0.39 is 0 Å². The molecule has 0 aliphatic heterocycles. The zero-order chi connectivity index (χ0) is 13.7. The topological polar surface area (TPSA) is 79.5 Å². The number of nitrogens with zero attached hydrogens (tertiary/aromatic N) is 3. The minimum atomic E-state index is -0.271. The number of hydrogen-bond donors (Lipinski definition) is 1. The number of carbonyl (C=O) groups excluding carboxylic acids is 2. The maximum atomic E-state index is 12.1. The van der Waals surface area contributed by atoms with Crippen molar-refractivity contribution in [3.05, 3.63) is 24.0 Å². The van der Waals surface area contributed by atoms with E-state index in [4.69, 9.17) is 5.73 Å². The fourth-order valence-electron chi connectivity index (χ4n) is 1.33. The molecule has 18 heavy (non-hydrogen) atoms. The van der Waals surface area contributed by atoms with Crippen LogP contribution in [0, 0.1) is 0 Å². The van der Waals surface area contributed by atoms with E-state index in [0.717, 1.165) is 0 Å². The minimum absolute atomic E-state index is 0.0500. The number of amides is 2. The van der Waals surface area contributed by atoms with Gasteiger partial charge in [-0.2, -0.15) is 0 Å². The highest BCUT2D eigenvalue weighted by molar-refractivity contribution is 5.95. The van der Waals surface area contributed by atoms with Gasteiger partial charge in [-0.15, -0.1) is 0 Å². The predicted molar refractivity (Wildman–Crippen MR) is 68.9 cm³/mol. The summed E-state index contributed by atoms with van der Waals surface area (Å²) < 4.78 is 0. The van der Waals surface area contributed by atoms with Crippen molar-refractivity contribution >= 4 is 17.5 Å². The van der Waals surface area contributed by atoms with Gasteiger partial charge in [-0.05, 0) is 19.1 Å². The van der Waals surface area contributed by atoms with Crippen molar-refractivity contribution in [2.75, 3.05) is 32.9 Å². The molecule has 0 saturated heterocycles. The van der Waals surface area contributed by atoms with Crippen molar-refractivity contribution < 1.29 is 9.59 Å². The molecule has 0 radical (unpaired) electrons. The number of likely N-dealkylation sites (N-methyl/N-ethyl adjacent to an activating group) is 2. The number of rotatable bonds is 4. The first-order chi connectivity index (χ1) is 8.45. The fraction of sp³-hybridized carbons (Fsp3) is 0.417. The number of aromatic nitrogens is 1. The van der Waals surface area contributed by atoms with Gasteiger partial charge in [0.1, 0.15) is 12.2 Å². The van der Waals surface area contributed by atoms with Gasteiger partial charge in [0.05, 0.1) is 11.9 Å². The van der Waals surface area contributed by atoms with Gasteiger partial charge in [0.2, 0.25) is 5.91 Å². The molecular formula is C12H18N4O2. The summed E-state index contributed by atoms with van der Waals surface area (Å²) in [6, 6.07) is 3.17. The lowest BCUT2D eigenvalue weighted by atomic mass is 10.3. The third-order valence-corrected chi connectivity index (χ3v) is 2.50. The SMILES string of the molecule is CCN(CC(=O)N(C)C)C(=O)c1ccc(N)cn1. The molecule has 2 amide bonds. The quantitative estimate of drug-likeness (QED) is 0.828. The third-order valence-electron chi connectivity index (χ3n) is 2.50. The number of hydrogen-bond acceptors (Lipinski definition) is 4. The second kappa shape index (κ2) is 6.00. The van der Waals surface area contributed by atoms with Gasteiger partial charge in [-0.3, -0.25) is 9.59 Å². The van der Waals surface area contributed by atoms with E-state index in [1.165, 1.54) is 16.0 Å². The standard InChI is InChI=1S/C12H18N4O2/c1-4-16(8-11(17)15(2)3)12(18)10-6-5-9(13)7-14-10/h5-7H,4,8,13H2,1-3H3. The van der Waals surface area contributed by atoms with Crippen LogP contribution in [0.5, 0.6) is 0 Å². The van der Waals surface area contributed by atoms with Crippen molar-refractivity contribution in [2.24, 2.45) is 0 Å². The van der Waals surface area contributed by atoms with E-state index in [0.29, 0.717) is 12.2 Å². The number of nitrogens with two attached hydrogens (primary N) is 1. The van der Waals surface area contributed by atoms with E-state index in [1.54, 1.807) is 26.2 Å². The van der Waals surface area contributed by atoms with Crippen LogP contribution in [0.1, 0.15) is 17.4 Å². The zero-order valence-corrected chi connectivity index (χ0v) is 10.9. The number of anilines is 1. The van der Waals surface area contributed by atoms with Gasteiger partial charge in [0, 0.05) is 20.6 Å². The number of carbonyl (C=O) groups is 2. The molecule has 0 aliphatic rings. The van der Waals surface area contributed by atoms with Crippen LogP contribution >= 0.6 is 0 Å². The van der Waals surface area contributed by atoms with Crippen LogP contribution in [0.2, 0.25) is 0 Å². The molecule has 0 aromatic carbocycles. The van der Waals surface area contributed by atoms with Crippen LogP contribution in [0.25, 0.3) is 0 Å². The molecule has 2 N–H and O–H groups in total. The van der Waals surface area contributed by atoms with Crippen molar-refractivity contribution in [1.29, 1.82) is 0 Å². The highest BCUT2D eigenvalue weighted by Crippen LogP contribution is 2.05. The largest absolute Gasteiger partial charge is 0.397 e. The van der Waals surface area contributed by atoms with Gasteiger partial charge in [0.25, 0.3) is 5.91 Å². The molecule has 6 heteroatoms. The van der Waals surface area contributed by atoms with Crippen molar-refractivity contribution in [1.82, 2.24) is 14.8 Å². The van der Waals surface area contributed by atoms with Gasteiger partial charge in [0.15, 0.2) is 0 Å². The molecule has 1 heterocycles. The Hall–Kier alpha value is -2.11. The number of pyridine rings is 1. The van der Waals surface area contributed by atoms with Crippen LogP contribution < -0.4 is 5.73 Å². The summed E-state index contributed by atoms with van der Waals surface area (Å²) in [5.74, 6) is -0.395. The highest BCUT2D eigenvalue weighted by Gasteiger charge is 2.18. The normalized spacial score (nSPS) is 9.94. The molecule has 1 rings (SSSR count). The third kappa shape index (κ3) is 3.44. The average molecular weight is 250 g/mol. The summed E-state index contributed by atoms with van der Waals surface area (Å²) in [5.41, 5.74) is 6.30. The molecule has 0 saturated carbocycles. The Balaban J connectivity index is 2.79. The van der Waals surface area contributed by atoms with Gasteiger partial charge < -0.3 is 15.5 Å². The first-order valence-corrected chi connectivity index (χ1v) is 5.66. The lowest BCUT2D eigenvalue weighted by Crippen LogP contribution is -2.40. The van der Waals surface area contributed by atoms with Gasteiger partial charge >= 0.3 is 0 Å². The molecule has 1 aromatic rings. The van der Waals surface area contributed by atoms with Crippen LogP contribution in [-0.4, -0.2) is 53.8 Å². The maximum Gasteiger partial charge on any atom is 0.272 e. The summed E-state index contributed by atoms with van der Waals surface area (Å²) in [4.78, 5) is 30.5. The second-order valence-electron chi connectivity index (χ2n) is 4.08. The van der Waals surface area contributed by atoms with Gasteiger partial charge in [-0.1, -0.05) is 0 Å². The van der Waals surface area contributed by atoms with Gasteiger partial charge in [-0.25, -0.2) is 4.98 Å². The molecule has 1 aromatic heterocycles. The fourth-order valence-corrected chi connectivity index (χ4v) is 1.33. The van der Waals surface area contributed by atoms with Crippen LogP contribution in [0.3, 0.4) is 0 Å². The Kier molecular flexibility index (Phi) is 4.65. The summed E-state index contributed by atoms with van der Waals surface area (Å²) in [5, 5.41) is 0. The van der Waals surface area contributed by atoms with E-state index in [1.807, 2.05) is 6.92 Å². The molecule has 0 aliphatic carbocycles. The average Bonchev–Trinajstić information content (AvgIpc) is 2.35. The molecular weight excluding hydrogens is 232 g/mol. The molecule has 0 spiro atoms. The second-order valence-corrected chi connectivity index (χ2v) is 4.08. The van der Waals surface area contributed by atoms with Crippen molar-refractivity contribution in [3.63, 3.8) is 0 Å². The molecule has 0 atom stereocenters. The molecule has 0 unspecified atom stereocenters. The number of nitrogen functional groups attached to an aromatic ring is 1. The monoisotopic (exact) mass is 250 g/mol. The predicted octanol–water partition coefficient (Wildman–Crippen LogP) is 0.214. The minimum Gasteiger partial charge on any atom is -0.397 e. The Labute approximate surface area is 106 Å². The smallest absolute Gasteiger partial charge is 0.272 e. The molecule has 6 nitrogen and oxygen atoms in total. The molecule has 0 bridgehead atoms. The van der Waals surface area contributed by atoms with Crippen molar-refractivity contribution in [3.8, 4) is 0 Å². The molecule has 0 fully saturated rings. The van der Waals surface area contributed by atoms with Crippen LogP contribution in [0.15, 0.2) is 18.3 Å². The molecule has 98 valence electrons. The Bertz CT molecular complexity index is 428. The summed E-state index contributed by atoms with van der Waals surface area (Å²) in [6.07, 6.45) is 1.43. The van der Waals surface area contributed by atoms with E-state index in [-0.39, 0.29) is 24.1 Å². The Morgan fingerprint density at radius 3 is 2.44 bits per heavy atom. The lowest BCUT2D eigenvalue weighted by Gasteiger charge is -2.21. The van der Waals surface area contributed by atoms with E-state index in [2.05, 4.69) is 4.98 Å². The van der Waals surface area contributed by atoms with Crippen molar-refractivity contribution in [2.45, 2.75) is 6.92 Å². The Morgan fingerprint density at radius 2 is 2.00 bits per heavy atom. The van der Waals surface area contributed by atoms with E-state index >= 15 is 0 Å². The first kappa shape index (κ1) is 14.0. The summed E-state index contributed by atoms with van der Waals surface area (Å²) in [7, 11) is 3.31. The lowest BCUT2D eigenvalue weighted by molar-refractivity contribution is -0.129. The van der Waals surface area contributed by atoms with Crippen LogP contribution in [-0.2, 0) is 4.79 Å². The summed E-state index contributed by atoms with van der Waals surface area (Å²) >= 11 is 0. The maximum absolute atomic E-state index is 12.1. The first-order valence-electron chi connectivity index (χ1n) is 5.66. The summed E-state index contributed by atoms with van der Waals surface area (Å²) in [6.45, 7) is 2.32. The van der Waals surface area contributed by atoms with Crippen LogP contribution in [0.4, 0.5) is 5.69 Å². The Morgan fingerprint density at radius 1 is 1.33 bits per heavy atom.